The quantitative estimate of drug-likeness (QED) is 0.483. The Hall–Kier alpha value is -1.33. The molecular weight excluding hydrogens is 301 g/mol. The number of aromatic nitrogens is 3. The zero-order valence-electron chi connectivity index (χ0n) is 11.3. The van der Waals surface area contributed by atoms with Gasteiger partial charge in [-0.25, -0.2) is 14.3 Å². The molecule has 0 unspecified atom stereocenters. The molecule has 0 spiro atoms. The van der Waals surface area contributed by atoms with Crippen molar-refractivity contribution in [3.05, 3.63) is 28.2 Å². The van der Waals surface area contributed by atoms with E-state index in [-0.39, 0.29) is 0 Å². The number of carbonyl (C=O) groups excluding carboxylic acids is 1. The first-order chi connectivity index (χ1) is 9.60. The van der Waals surface area contributed by atoms with Crippen molar-refractivity contribution in [2.45, 2.75) is 26.7 Å². The first kappa shape index (κ1) is 15.1. The second kappa shape index (κ2) is 6.41. The molecule has 2 aromatic heterocycles. The lowest BCUT2D eigenvalue weighted by molar-refractivity contribution is 0.0507. The minimum Gasteiger partial charge on any atom is -0.462 e. The Kier molecular flexibility index (Phi) is 4.83. The van der Waals surface area contributed by atoms with Gasteiger partial charge in [-0.2, -0.15) is 5.10 Å². The molecule has 0 aliphatic rings. The molecule has 7 heteroatoms. The van der Waals surface area contributed by atoms with E-state index in [2.05, 4.69) is 10.1 Å². The summed E-state index contributed by atoms with van der Waals surface area (Å²) in [5.41, 5.74) is 2.31. The lowest BCUT2D eigenvalue weighted by Gasteiger charge is -2.08. The molecule has 0 atom stereocenters. The van der Waals surface area contributed by atoms with Crippen LogP contribution in [0.1, 0.15) is 35.0 Å². The van der Waals surface area contributed by atoms with Crippen LogP contribution >= 0.6 is 23.2 Å². The Balaban J connectivity index is 2.48. The number of ether oxygens (including phenoxy) is 1. The van der Waals surface area contributed by atoms with Gasteiger partial charge in [0.1, 0.15) is 10.7 Å². The average Bonchev–Trinajstić information content (AvgIpc) is 2.84. The lowest BCUT2D eigenvalue weighted by Crippen LogP contribution is -2.08. The number of nitrogens with zero attached hydrogens (tertiary/aromatic N) is 3. The van der Waals surface area contributed by atoms with Gasteiger partial charge in [-0.1, -0.05) is 18.5 Å². The largest absolute Gasteiger partial charge is 0.462 e. The number of halogens is 2. The van der Waals surface area contributed by atoms with E-state index in [0.29, 0.717) is 35.3 Å². The monoisotopic (exact) mass is 315 g/mol. The van der Waals surface area contributed by atoms with E-state index in [1.807, 2.05) is 13.8 Å². The first-order valence-corrected chi connectivity index (χ1v) is 7.27. The van der Waals surface area contributed by atoms with Gasteiger partial charge in [-0.15, -0.1) is 11.6 Å². The third-order valence-corrected chi connectivity index (χ3v) is 3.47. The van der Waals surface area contributed by atoms with Gasteiger partial charge in [-0.3, -0.25) is 0 Å². The topological polar surface area (TPSA) is 56.5 Å². The van der Waals surface area contributed by atoms with Crippen LogP contribution < -0.4 is 0 Å². The molecule has 20 heavy (non-hydrogen) atoms. The summed E-state index contributed by atoms with van der Waals surface area (Å²) in [5, 5.41) is 4.54. The SMILES string of the molecule is CCCOC(=O)c1cnn2c(Cl)c(CCCl)c(C)nc12. The summed E-state index contributed by atoms with van der Waals surface area (Å²) in [4.78, 5) is 16.3. The standard InChI is InChI=1S/C13H15Cl2N3O2/c1-3-6-20-13(19)10-7-16-18-11(15)9(4-5-14)8(2)17-12(10)18/h7H,3-6H2,1-2H3. The zero-order chi connectivity index (χ0) is 14.7. The van der Waals surface area contributed by atoms with E-state index in [0.717, 1.165) is 17.7 Å². The molecule has 0 fully saturated rings. The maximum absolute atomic E-state index is 11.9. The van der Waals surface area contributed by atoms with Crippen LogP contribution in [0, 0.1) is 6.92 Å². The first-order valence-electron chi connectivity index (χ1n) is 6.36. The van der Waals surface area contributed by atoms with Gasteiger partial charge >= 0.3 is 5.97 Å². The van der Waals surface area contributed by atoms with Crippen LogP contribution in [0.2, 0.25) is 5.15 Å². The smallest absolute Gasteiger partial charge is 0.343 e. The maximum atomic E-state index is 11.9. The number of fused-ring (bicyclic) bond motifs is 1. The zero-order valence-corrected chi connectivity index (χ0v) is 12.8. The van der Waals surface area contributed by atoms with Crippen LogP contribution in [-0.2, 0) is 11.2 Å². The fourth-order valence-electron chi connectivity index (χ4n) is 1.89. The fraction of sp³-hybridized carbons (Fsp3) is 0.462. The van der Waals surface area contributed by atoms with Crippen LogP contribution in [-0.4, -0.2) is 33.1 Å². The highest BCUT2D eigenvalue weighted by Gasteiger charge is 2.19. The third-order valence-electron chi connectivity index (χ3n) is 2.89. The van der Waals surface area contributed by atoms with Crippen LogP contribution in [0.25, 0.3) is 5.65 Å². The van der Waals surface area contributed by atoms with Crippen molar-refractivity contribution in [1.29, 1.82) is 0 Å². The summed E-state index contributed by atoms with van der Waals surface area (Å²) in [6, 6.07) is 0. The Morgan fingerprint density at radius 1 is 1.50 bits per heavy atom. The molecule has 0 saturated carbocycles. The highest BCUT2D eigenvalue weighted by molar-refractivity contribution is 6.30. The second-order valence-corrected chi connectivity index (χ2v) is 5.07. The average molecular weight is 316 g/mol. The molecular formula is C13H15Cl2N3O2. The number of hydrogen-bond donors (Lipinski definition) is 0. The number of aryl methyl sites for hydroxylation is 1. The minimum atomic E-state index is -0.435. The van der Waals surface area contributed by atoms with Gasteiger partial charge in [0.2, 0.25) is 0 Å². The summed E-state index contributed by atoms with van der Waals surface area (Å²) >= 11 is 12.1. The van der Waals surface area contributed by atoms with E-state index < -0.39 is 5.97 Å². The van der Waals surface area contributed by atoms with Crippen LogP contribution in [0.4, 0.5) is 0 Å². The maximum Gasteiger partial charge on any atom is 0.343 e. The van der Waals surface area contributed by atoms with Gasteiger partial charge in [0, 0.05) is 17.1 Å². The summed E-state index contributed by atoms with van der Waals surface area (Å²) in [5.74, 6) is 0.00959. The van der Waals surface area contributed by atoms with E-state index in [1.165, 1.54) is 10.7 Å². The predicted octanol–water partition coefficient (Wildman–Crippen LogP) is 3.04. The Bertz CT molecular complexity index is 640. The molecule has 0 radical (unpaired) electrons. The highest BCUT2D eigenvalue weighted by Crippen LogP contribution is 2.23. The number of esters is 1. The van der Waals surface area contributed by atoms with Crippen molar-refractivity contribution in [2.24, 2.45) is 0 Å². The van der Waals surface area contributed by atoms with Gasteiger partial charge in [0.05, 0.1) is 12.8 Å². The molecule has 0 saturated heterocycles. The number of carbonyl (C=O) groups is 1. The Morgan fingerprint density at radius 2 is 2.25 bits per heavy atom. The number of alkyl halides is 1. The summed E-state index contributed by atoms with van der Waals surface area (Å²) in [7, 11) is 0. The normalized spacial score (nSPS) is 11.0. The number of rotatable bonds is 5. The third kappa shape index (κ3) is 2.74. The Labute approximate surface area is 126 Å². The van der Waals surface area contributed by atoms with Gasteiger partial charge in [0.25, 0.3) is 0 Å². The van der Waals surface area contributed by atoms with Crippen molar-refractivity contribution in [3.8, 4) is 0 Å². The van der Waals surface area contributed by atoms with Crippen molar-refractivity contribution in [3.63, 3.8) is 0 Å². The molecule has 5 nitrogen and oxygen atoms in total. The molecule has 0 aromatic carbocycles. The molecule has 0 bridgehead atoms. The van der Waals surface area contributed by atoms with E-state index in [1.54, 1.807) is 0 Å². The van der Waals surface area contributed by atoms with Gasteiger partial charge < -0.3 is 4.74 Å². The predicted molar refractivity (Wildman–Crippen MR) is 77.7 cm³/mol. The molecule has 0 N–H and O–H groups in total. The second-order valence-electron chi connectivity index (χ2n) is 4.34. The van der Waals surface area contributed by atoms with E-state index in [4.69, 9.17) is 27.9 Å². The van der Waals surface area contributed by atoms with Crippen LogP contribution in [0.15, 0.2) is 6.20 Å². The molecule has 0 aliphatic carbocycles. The molecule has 2 aromatic rings. The lowest BCUT2D eigenvalue weighted by atomic mass is 10.2. The molecule has 0 amide bonds. The van der Waals surface area contributed by atoms with Crippen LogP contribution in [0.5, 0.6) is 0 Å². The van der Waals surface area contributed by atoms with Crippen molar-refractivity contribution in [1.82, 2.24) is 14.6 Å². The van der Waals surface area contributed by atoms with E-state index >= 15 is 0 Å². The molecule has 2 heterocycles. The minimum absolute atomic E-state index is 0.320. The van der Waals surface area contributed by atoms with E-state index in [9.17, 15) is 4.79 Å². The van der Waals surface area contributed by atoms with Crippen molar-refractivity contribution >= 4 is 34.8 Å². The van der Waals surface area contributed by atoms with Crippen molar-refractivity contribution < 1.29 is 9.53 Å². The summed E-state index contributed by atoms with van der Waals surface area (Å²) in [6.45, 7) is 4.14. The molecule has 2 rings (SSSR count). The summed E-state index contributed by atoms with van der Waals surface area (Å²) < 4.78 is 6.55. The van der Waals surface area contributed by atoms with Gasteiger partial charge in [0.15, 0.2) is 5.65 Å². The fourth-order valence-corrected chi connectivity index (χ4v) is 2.44. The molecule has 0 aliphatic heterocycles. The number of hydrogen-bond acceptors (Lipinski definition) is 4. The van der Waals surface area contributed by atoms with Crippen molar-refractivity contribution in [2.75, 3.05) is 12.5 Å². The Morgan fingerprint density at radius 3 is 2.90 bits per heavy atom. The highest BCUT2D eigenvalue weighted by atomic mass is 35.5. The summed E-state index contributed by atoms with van der Waals surface area (Å²) in [6.07, 6.45) is 2.79. The molecule has 108 valence electrons. The van der Waals surface area contributed by atoms with Crippen LogP contribution in [0.3, 0.4) is 0 Å². The van der Waals surface area contributed by atoms with Gasteiger partial charge in [-0.05, 0) is 19.8 Å².